The van der Waals surface area contributed by atoms with Gasteiger partial charge in [0.1, 0.15) is 0 Å². The molecule has 0 amide bonds. The zero-order valence-electron chi connectivity index (χ0n) is 14.8. The maximum atomic E-state index is 10.8. The normalized spacial score (nSPS) is 18.8. The predicted molar refractivity (Wildman–Crippen MR) is 90.2 cm³/mol. The molecule has 2 aliphatic rings. The molecule has 1 heterocycles. The summed E-state index contributed by atoms with van der Waals surface area (Å²) in [6, 6.07) is 9.97. The van der Waals surface area contributed by atoms with E-state index in [2.05, 4.69) is 0 Å². The van der Waals surface area contributed by atoms with Crippen molar-refractivity contribution in [3.8, 4) is 0 Å². The maximum absolute atomic E-state index is 10.8. The van der Waals surface area contributed by atoms with E-state index in [9.17, 15) is 19.8 Å². The summed E-state index contributed by atoms with van der Waals surface area (Å²) >= 11 is 0. The van der Waals surface area contributed by atoms with Gasteiger partial charge in [0.05, 0.1) is 17.4 Å². The topological polar surface area (TPSA) is 145 Å². The SMILES string of the molecule is N.NC1CCCCC1.O=C([O-])C1(C(=O)[O-])CN(Cc2ccccc2)C1.[Pt+2]. The van der Waals surface area contributed by atoms with Crippen LogP contribution in [0.1, 0.15) is 37.7 Å². The minimum absolute atomic E-state index is 0. The molecule has 8 heteroatoms. The number of aliphatic carboxylic acids is 2. The van der Waals surface area contributed by atoms with Crippen molar-refractivity contribution >= 4 is 11.9 Å². The molecule has 1 aliphatic carbocycles. The Morgan fingerprint density at radius 2 is 1.54 bits per heavy atom. The Morgan fingerprint density at radius 1 is 1.04 bits per heavy atom. The molecule has 0 unspecified atom stereocenters. The molecule has 1 saturated carbocycles. The standard InChI is InChI=1S/C12H13NO4.C6H13N.H3N.Pt/c14-10(15)12(11(16)17)7-13(8-12)6-9-4-2-1-3-5-9;7-6-4-2-1-3-5-6;;/h1-5H,6-8H2,(H,14,15)(H,16,17);6H,1-5,7H2;1H3;/q;;;+2/p-2. The van der Waals surface area contributed by atoms with Crippen LogP contribution in [0, 0.1) is 5.41 Å². The Kier molecular flexibility index (Phi) is 10.9. The summed E-state index contributed by atoms with van der Waals surface area (Å²) in [7, 11) is 0. The Labute approximate surface area is 168 Å². The molecular formula is C18H27N3O4Pt. The van der Waals surface area contributed by atoms with Crippen molar-refractivity contribution in [1.29, 1.82) is 0 Å². The van der Waals surface area contributed by atoms with Crippen molar-refractivity contribution in [3.05, 3.63) is 35.9 Å². The number of carbonyl (C=O) groups is 2. The Hall–Kier alpha value is -1.27. The van der Waals surface area contributed by atoms with Gasteiger partial charge in [0.15, 0.2) is 0 Å². The van der Waals surface area contributed by atoms with Crippen LogP contribution in [0.2, 0.25) is 0 Å². The zero-order chi connectivity index (χ0) is 17.6. The summed E-state index contributed by atoms with van der Waals surface area (Å²) in [5.41, 5.74) is 4.81. The van der Waals surface area contributed by atoms with Crippen molar-refractivity contribution < 1.29 is 40.9 Å². The molecule has 148 valence electrons. The second-order valence-corrected chi connectivity index (χ2v) is 6.69. The van der Waals surface area contributed by atoms with Crippen LogP contribution in [0.15, 0.2) is 30.3 Å². The second kappa shape index (κ2) is 11.4. The van der Waals surface area contributed by atoms with Crippen molar-refractivity contribution in [3.63, 3.8) is 0 Å². The second-order valence-electron chi connectivity index (χ2n) is 6.69. The van der Waals surface area contributed by atoms with Crippen LogP contribution in [-0.4, -0.2) is 36.0 Å². The Bertz CT molecular complexity index is 543. The molecule has 1 saturated heterocycles. The number of carbonyl (C=O) groups excluding carboxylic acids is 2. The van der Waals surface area contributed by atoms with Gasteiger partial charge in [-0.3, -0.25) is 4.90 Å². The van der Waals surface area contributed by atoms with Crippen molar-refractivity contribution in [2.75, 3.05) is 13.1 Å². The molecule has 1 aromatic carbocycles. The molecule has 3 rings (SSSR count). The fraction of sp³-hybridized carbons (Fsp3) is 0.556. The average molecular weight is 545 g/mol. The van der Waals surface area contributed by atoms with E-state index >= 15 is 0 Å². The number of benzene rings is 1. The quantitative estimate of drug-likeness (QED) is 0.483. The molecule has 0 aromatic heterocycles. The summed E-state index contributed by atoms with van der Waals surface area (Å²) in [5, 5.41) is 21.6. The molecular weight excluding hydrogens is 517 g/mol. The number of nitrogens with zero attached hydrogens (tertiary/aromatic N) is 1. The van der Waals surface area contributed by atoms with E-state index in [-0.39, 0.29) is 40.3 Å². The fourth-order valence-corrected chi connectivity index (χ4v) is 3.15. The third kappa shape index (κ3) is 6.47. The minimum atomic E-state index is -1.84. The van der Waals surface area contributed by atoms with Crippen LogP contribution in [0.4, 0.5) is 0 Å². The zero-order valence-corrected chi connectivity index (χ0v) is 17.1. The van der Waals surface area contributed by atoms with E-state index < -0.39 is 17.4 Å². The van der Waals surface area contributed by atoms with E-state index in [1.165, 1.54) is 32.1 Å². The van der Waals surface area contributed by atoms with Crippen LogP contribution >= 0.6 is 0 Å². The largest absolute Gasteiger partial charge is 2.00 e. The van der Waals surface area contributed by atoms with E-state index in [1.54, 1.807) is 4.90 Å². The molecule has 0 spiro atoms. The number of rotatable bonds is 4. The van der Waals surface area contributed by atoms with Gasteiger partial charge < -0.3 is 31.7 Å². The summed E-state index contributed by atoms with van der Waals surface area (Å²) in [6.07, 6.45) is 6.66. The number of nitrogens with two attached hydrogens (primary N) is 1. The number of carboxylic acid groups (broad SMARTS) is 2. The van der Waals surface area contributed by atoms with Crippen LogP contribution in [0.3, 0.4) is 0 Å². The monoisotopic (exact) mass is 544 g/mol. The molecule has 0 bridgehead atoms. The average Bonchev–Trinajstić information content (AvgIpc) is 2.52. The van der Waals surface area contributed by atoms with Gasteiger partial charge in [-0.1, -0.05) is 49.6 Å². The first kappa shape index (κ1) is 24.7. The predicted octanol–water partition coefficient (Wildman–Crippen LogP) is -0.574. The first-order valence-corrected chi connectivity index (χ1v) is 8.39. The molecule has 5 N–H and O–H groups in total. The van der Waals surface area contributed by atoms with Gasteiger partial charge >= 0.3 is 21.1 Å². The van der Waals surface area contributed by atoms with Crippen molar-refractivity contribution in [1.82, 2.24) is 11.1 Å². The summed E-state index contributed by atoms with van der Waals surface area (Å²) in [6.45, 7) is 0.405. The molecule has 0 atom stereocenters. The van der Waals surface area contributed by atoms with Crippen LogP contribution < -0.4 is 22.1 Å². The third-order valence-electron chi connectivity index (χ3n) is 4.67. The van der Waals surface area contributed by atoms with E-state index in [0.717, 1.165) is 5.56 Å². The number of likely N-dealkylation sites (tertiary alicyclic amines) is 1. The number of carboxylic acids is 2. The van der Waals surface area contributed by atoms with Crippen LogP contribution in [0.5, 0.6) is 0 Å². The van der Waals surface area contributed by atoms with Crippen molar-refractivity contribution in [2.24, 2.45) is 11.1 Å². The molecule has 2 fully saturated rings. The summed E-state index contributed by atoms with van der Waals surface area (Å²) in [5.74, 6) is -3.14. The Balaban J connectivity index is 0.000000592. The fourth-order valence-electron chi connectivity index (χ4n) is 3.15. The van der Waals surface area contributed by atoms with Gasteiger partial charge in [-0.25, -0.2) is 0 Å². The van der Waals surface area contributed by atoms with Gasteiger partial charge in [-0.2, -0.15) is 0 Å². The van der Waals surface area contributed by atoms with Crippen molar-refractivity contribution in [2.45, 2.75) is 44.7 Å². The first-order valence-electron chi connectivity index (χ1n) is 8.39. The third-order valence-corrected chi connectivity index (χ3v) is 4.67. The smallest absolute Gasteiger partial charge is 0.549 e. The van der Waals surface area contributed by atoms with Crippen LogP contribution in [0.25, 0.3) is 0 Å². The molecule has 7 nitrogen and oxygen atoms in total. The molecule has 1 aliphatic heterocycles. The Morgan fingerprint density at radius 3 is 1.92 bits per heavy atom. The minimum Gasteiger partial charge on any atom is -0.549 e. The van der Waals surface area contributed by atoms with E-state index in [4.69, 9.17) is 5.73 Å². The van der Waals surface area contributed by atoms with Gasteiger partial charge in [-0.05, 0) is 18.4 Å². The van der Waals surface area contributed by atoms with Gasteiger partial charge in [-0.15, -0.1) is 0 Å². The number of hydrogen-bond acceptors (Lipinski definition) is 7. The summed E-state index contributed by atoms with van der Waals surface area (Å²) < 4.78 is 0. The number of hydrogen-bond donors (Lipinski definition) is 2. The first-order chi connectivity index (χ1) is 11.4. The van der Waals surface area contributed by atoms with Gasteiger partial charge in [0.2, 0.25) is 0 Å². The van der Waals surface area contributed by atoms with E-state index in [1.807, 2.05) is 30.3 Å². The molecule has 1 aromatic rings. The van der Waals surface area contributed by atoms with Crippen LogP contribution in [-0.2, 0) is 37.2 Å². The van der Waals surface area contributed by atoms with Gasteiger partial charge in [0, 0.05) is 25.7 Å². The maximum Gasteiger partial charge on any atom is 2.00 e. The summed E-state index contributed by atoms with van der Waals surface area (Å²) in [4.78, 5) is 23.3. The van der Waals surface area contributed by atoms with E-state index in [0.29, 0.717) is 12.6 Å². The molecule has 0 radical (unpaired) electrons. The van der Waals surface area contributed by atoms with Gasteiger partial charge in [0.25, 0.3) is 0 Å². The molecule has 26 heavy (non-hydrogen) atoms.